The van der Waals surface area contributed by atoms with Crippen LogP contribution in [0.1, 0.15) is 33.4 Å². The van der Waals surface area contributed by atoms with Crippen LogP contribution in [0.15, 0.2) is 109 Å². The molecule has 190 valence electrons. The zero-order chi connectivity index (χ0) is 26.9. The van der Waals surface area contributed by atoms with Gasteiger partial charge in [-0.2, -0.15) is 0 Å². The molecule has 4 aromatic rings. The fraction of sp³-hybridized carbons (Fsp3) is 0.171. The number of hydrogen-bond donors (Lipinski definition) is 0. The number of allylic oxidation sites excluding steroid dienone is 2. The molecule has 0 aromatic heterocycles. The van der Waals surface area contributed by atoms with Crippen LogP contribution in [0.3, 0.4) is 0 Å². The maximum absolute atomic E-state index is 15.4. The number of Topliss-reactive ketones (excluding diaryl/α,β-unsaturated/α-hetero) is 1. The van der Waals surface area contributed by atoms with E-state index in [4.69, 9.17) is 4.74 Å². The Bertz CT molecular complexity index is 1560. The van der Waals surface area contributed by atoms with Crippen molar-refractivity contribution >= 4 is 28.9 Å². The number of rotatable bonds is 4. The highest BCUT2D eigenvalue weighted by Crippen LogP contribution is 2.74. The van der Waals surface area contributed by atoms with Crippen LogP contribution in [0.4, 0.5) is 0 Å². The summed E-state index contributed by atoms with van der Waals surface area (Å²) in [5.74, 6) is -3.34. The van der Waals surface area contributed by atoms with Gasteiger partial charge in [0.05, 0.1) is 22.7 Å². The van der Waals surface area contributed by atoms with Crippen molar-refractivity contribution in [1.29, 1.82) is 0 Å². The number of benzene rings is 4. The van der Waals surface area contributed by atoms with E-state index < -0.39 is 34.6 Å². The molecule has 0 N–H and O–H groups in total. The molecule has 7 rings (SSSR count). The molecular weight excluding hydrogens is 484 g/mol. The number of aryl methyl sites for hydroxylation is 2. The van der Waals surface area contributed by atoms with Crippen molar-refractivity contribution in [2.45, 2.75) is 24.7 Å². The van der Waals surface area contributed by atoms with E-state index in [0.717, 1.165) is 33.4 Å². The summed E-state index contributed by atoms with van der Waals surface area (Å²) >= 11 is 0. The molecule has 4 heteroatoms. The first-order chi connectivity index (χ1) is 18.9. The zero-order valence-electron chi connectivity index (χ0n) is 21.7. The third kappa shape index (κ3) is 2.86. The van der Waals surface area contributed by atoms with Crippen molar-refractivity contribution in [3.05, 3.63) is 143 Å². The Balaban J connectivity index is 1.72. The highest BCUT2D eigenvalue weighted by Gasteiger charge is 2.82. The lowest BCUT2D eigenvalue weighted by Crippen LogP contribution is -2.41. The molecule has 0 radical (unpaired) electrons. The highest BCUT2D eigenvalue weighted by atomic mass is 16.6. The smallest absolute Gasteiger partial charge is 0.319 e. The summed E-state index contributed by atoms with van der Waals surface area (Å²) in [7, 11) is 0. The van der Waals surface area contributed by atoms with Gasteiger partial charge in [0, 0.05) is 0 Å². The first-order valence-corrected chi connectivity index (χ1v) is 13.2. The van der Waals surface area contributed by atoms with Gasteiger partial charge in [-0.15, -0.1) is 0 Å². The van der Waals surface area contributed by atoms with Crippen molar-refractivity contribution in [1.82, 2.24) is 0 Å². The SMILES string of the molecule is Cc1ccc(C2=C(c3ccc(C)cc3)[C@@]3(c4ccccc4)C(=O)[C@@]2(c2ccccc2)[C@H]2C(=O)OC(=O)[C@@H]23)cc1. The summed E-state index contributed by atoms with van der Waals surface area (Å²) in [6, 6.07) is 35.1. The van der Waals surface area contributed by atoms with Gasteiger partial charge in [-0.3, -0.25) is 14.4 Å². The molecule has 1 saturated carbocycles. The molecule has 4 aromatic carbocycles. The summed E-state index contributed by atoms with van der Waals surface area (Å²) in [6.45, 7) is 4.04. The average Bonchev–Trinajstić information content (AvgIpc) is 3.49. The predicted octanol–water partition coefficient (Wildman–Crippen LogP) is 6.00. The summed E-state index contributed by atoms with van der Waals surface area (Å²) in [5, 5.41) is 0. The summed E-state index contributed by atoms with van der Waals surface area (Å²) in [4.78, 5) is 42.7. The third-order valence-corrected chi connectivity index (χ3v) is 8.87. The Morgan fingerprint density at radius 2 is 0.872 bits per heavy atom. The van der Waals surface area contributed by atoms with Crippen LogP contribution in [0.25, 0.3) is 11.1 Å². The summed E-state index contributed by atoms with van der Waals surface area (Å²) in [6.07, 6.45) is 0. The van der Waals surface area contributed by atoms with Crippen LogP contribution >= 0.6 is 0 Å². The van der Waals surface area contributed by atoms with Gasteiger partial charge in [-0.1, -0.05) is 120 Å². The van der Waals surface area contributed by atoms with Crippen molar-refractivity contribution in [2.24, 2.45) is 11.8 Å². The second kappa shape index (κ2) is 8.21. The average molecular weight is 511 g/mol. The van der Waals surface area contributed by atoms with Crippen molar-refractivity contribution in [3.8, 4) is 0 Å². The van der Waals surface area contributed by atoms with Gasteiger partial charge in [0.25, 0.3) is 0 Å². The van der Waals surface area contributed by atoms with E-state index in [1.165, 1.54) is 0 Å². The van der Waals surface area contributed by atoms with E-state index in [2.05, 4.69) is 0 Å². The molecule has 4 atom stereocenters. The van der Waals surface area contributed by atoms with Crippen LogP contribution in [0.2, 0.25) is 0 Å². The van der Waals surface area contributed by atoms with Gasteiger partial charge in [-0.25, -0.2) is 0 Å². The number of carbonyl (C=O) groups excluding carboxylic acids is 3. The fourth-order valence-electron chi connectivity index (χ4n) is 7.37. The van der Waals surface area contributed by atoms with E-state index in [1.807, 2.05) is 123 Å². The minimum atomic E-state index is -1.39. The standard InChI is InChI=1S/C35H26O4/c1-21-13-17-23(18-14-21)27-28(24-19-15-22(2)16-20-24)35(26-11-7-4-8-12-26)30-29(31(36)39-32(30)37)34(27,33(35)38)25-9-5-3-6-10-25/h3-20,29-30H,1-2H3/t29-,30-,34-,35-/m1/s1. The van der Waals surface area contributed by atoms with E-state index in [-0.39, 0.29) is 5.78 Å². The van der Waals surface area contributed by atoms with Crippen molar-refractivity contribution < 1.29 is 19.1 Å². The molecule has 2 bridgehead atoms. The van der Waals surface area contributed by atoms with Crippen molar-refractivity contribution in [2.75, 3.05) is 0 Å². The van der Waals surface area contributed by atoms with E-state index in [9.17, 15) is 9.59 Å². The zero-order valence-corrected chi connectivity index (χ0v) is 21.7. The molecule has 2 aliphatic carbocycles. The van der Waals surface area contributed by atoms with Crippen LogP contribution in [0.5, 0.6) is 0 Å². The second-order valence-electron chi connectivity index (χ2n) is 10.9. The first-order valence-electron chi connectivity index (χ1n) is 13.2. The molecule has 3 aliphatic rings. The minimum Gasteiger partial charge on any atom is -0.393 e. The molecule has 1 aliphatic heterocycles. The van der Waals surface area contributed by atoms with Crippen molar-refractivity contribution in [3.63, 3.8) is 0 Å². The van der Waals surface area contributed by atoms with Gasteiger partial charge in [0.2, 0.25) is 0 Å². The normalized spacial score (nSPS) is 27.2. The van der Waals surface area contributed by atoms with Crippen LogP contribution in [-0.4, -0.2) is 17.7 Å². The molecule has 1 saturated heterocycles. The number of hydrogen-bond acceptors (Lipinski definition) is 4. The maximum Gasteiger partial charge on any atom is 0.319 e. The predicted molar refractivity (Wildman–Crippen MR) is 148 cm³/mol. The number of carbonyl (C=O) groups is 3. The Labute approximate surface area is 227 Å². The molecule has 0 amide bonds. The van der Waals surface area contributed by atoms with Gasteiger partial charge in [0.1, 0.15) is 0 Å². The van der Waals surface area contributed by atoms with E-state index in [0.29, 0.717) is 11.1 Å². The first kappa shape index (κ1) is 23.5. The number of ketones is 1. The number of esters is 2. The van der Waals surface area contributed by atoms with E-state index in [1.54, 1.807) is 0 Å². The summed E-state index contributed by atoms with van der Waals surface area (Å²) < 4.78 is 5.40. The molecule has 1 heterocycles. The lowest BCUT2D eigenvalue weighted by molar-refractivity contribution is -0.156. The Morgan fingerprint density at radius 1 is 0.513 bits per heavy atom. The van der Waals surface area contributed by atoms with Crippen LogP contribution < -0.4 is 0 Å². The number of fused-ring (bicyclic) bond motifs is 5. The molecule has 0 unspecified atom stereocenters. The lowest BCUT2D eigenvalue weighted by atomic mass is 9.59. The second-order valence-corrected chi connectivity index (χ2v) is 10.9. The molecule has 4 nitrogen and oxygen atoms in total. The largest absolute Gasteiger partial charge is 0.393 e. The molecular formula is C35H26O4. The molecule has 39 heavy (non-hydrogen) atoms. The Kier molecular flexibility index (Phi) is 4.96. The van der Waals surface area contributed by atoms with Crippen LogP contribution in [0, 0.1) is 25.7 Å². The maximum atomic E-state index is 15.4. The van der Waals surface area contributed by atoms with Gasteiger partial charge < -0.3 is 4.74 Å². The number of ether oxygens (including phenoxy) is 1. The lowest BCUT2D eigenvalue weighted by Gasteiger charge is -2.38. The van der Waals surface area contributed by atoms with Gasteiger partial charge >= 0.3 is 11.9 Å². The molecule has 0 spiro atoms. The van der Waals surface area contributed by atoms with Gasteiger partial charge in [0.15, 0.2) is 5.78 Å². The Hall–Kier alpha value is -4.57. The number of cyclic esters (lactones) is 2. The summed E-state index contributed by atoms with van der Waals surface area (Å²) in [5.41, 5.74) is 4.07. The third-order valence-electron chi connectivity index (χ3n) is 8.87. The fourth-order valence-corrected chi connectivity index (χ4v) is 7.37. The van der Waals surface area contributed by atoms with Crippen LogP contribution in [-0.2, 0) is 30.0 Å². The topological polar surface area (TPSA) is 60.4 Å². The monoisotopic (exact) mass is 510 g/mol. The van der Waals surface area contributed by atoms with Gasteiger partial charge in [-0.05, 0) is 47.2 Å². The highest BCUT2D eigenvalue weighted by molar-refractivity contribution is 6.34. The quantitative estimate of drug-likeness (QED) is 0.250. The molecule has 2 fully saturated rings. The van der Waals surface area contributed by atoms with E-state index >= 15 is 4.79 Å². The minimum absolute atomic E-state index is 0.140. The Morgan fingerprint density at radius 3 is 1.23 bits per heavy atom.